The molecule has 0 amide bonds. The Hall–Kier alpha value is -2.57. The SMILES string of the molecule is CC1C=CC=CC1Oc1ccc(-c2cc(C3CCCC3)nc(Cl)c2C#N)cc1. The fourth-order valence-corrected chi connectivity index (χ4v) is 4.25. The average Bonchev–Trinajstić information content (AvgIpc) is 3.25. The van der Waals surface area contributed by atoms with E-state index in [1.165, 1.54) is 12.8 Å². The summed E-state index contributed by atoms with van der Waals surface area (Å²) in [6, 6.07) is 12.2. The molecule has 0 saturated heterocycles. The molecule has 1 aromatic heterocycles. The highest BCUT2D eigenvalue weighted by Crippen LogP contribution is 2.37. The molecule has 0 spiro atoms. The van der Waals surface area contributed by atoms with Crippen molar-refractivity contribution in [3.05, 3.63) is 71.0 Å². The summed E-state index contributed by atoms with van der Waals surface area (Å²) < 4.78 is 6.10. The molecule has 2 unspecified atom stereocenters. The van der Waals surface area contributed by atoms with E-state index < -0.39 is 0 Å². The molecule has 0 radical (unpaired) electrons. The highest BCUT2D eigenvalue weighted by molar-refractivity contribution is 6.31. The first kappa shape index (κ1) is 18.8. The second-order valence-corrected chi connectivity index (χ2v) is 7.95. The lowest BCUT2D eigenvalue weighted by molar-refractivity contribution is 0.209. The molecule has 0 aliphatic heterocycles. The minimum absolute atomic E-state index is 0.0369. The van der Waals surface area contributed by atoms with Crippen LogP contribution in [0.5, 0.6) is 5.75 Å². The van der Waals surface area contributed by atoms with E-state index in [2.05, 4.69) is 30.1 Å². The molecule has 4 rings (SSSR count). The number of rotatable bonds is 4. The lowest BCUT2D eigenvalue weighted by Gasteiger charge is -2.22. The summed E-state index contributed by atoms with van der Waals surface area (Å²) in [5.41, 5.74) is 3.25. The number of allylic oxidation sites excluding steroid dienone is 2. The average molecular weight is 391 g/mol. The van der Waals surface area contributed by atoms with E-state index >= 15 is 0 Å². The molecule has 1 aromatic carbocycles. The summed E-state index contributed by atoms with van der Waals surface area (Å²) in [7, 11) is 0. The molecule has 2 aliphatic carbocycles. The zero-order valence-electron chi connectivity index (χ0n) is 15.9. The fraction of sp³-hybridized carbons (Fsp3) is 0.333. The zero-order chi connectivity index (χ0) is 19.5. The van der Waals surface area contributed by atoms with Crippen molar-refractivity contribution in [1.82, 2.24) is 4.98 Å². The van der Waals surface area contributed by atoms with Gasteiger partial charge in [-0.1, -0.05) is 61.7 Å². The van der Waals surface area contributed by atoms with Crippen LogP contribution in [0.15, 0.2) is 54.6 Å². The Labute approximate surface area is 171 Å². The van der Waals surface area contributed by atoms with Crippen LogP contribution in [-0.4, -0.2) is 11.1 Å². The van der Waals surface area contributed by atoms with Crippen LogP contribution in [-0.2, 0) is 0 Å². The quantitative estimate of drug-likeness (QED) is 0.564. The molecule has 1 saturated carbocycles. The number of ether oxygens (including phenoxy) is 1. The summed E-state index contributed by atoms with van der Waals surface area (Å²) >= 11 is 6.37. The number of nitrogens with zero attached hydrogens (tertiary/aromatic N) is 2. The first-order valence-electron chi connectivity index (χ1n) is 9.88. The van der Waals surface area contributed by atoms with Gasteiger partial charge in [0.05, 0.1) is 5.56 Å². The Kier molecular flexibility index (Phi) is 5.50. The lowest BCUT2D eigenvalue weighted by atomic mass is 9.96. The van der Waals surface area contributed by atoms with Crippen LogP contribution in [0.3, 0.4) is 0 Å². The van der Waals surface area contributed by atoms with Crippen LogP contribution in [0.25, 0.3) is 11.1 Å². The molecule has 3 nitrogen and oxygen atoms in total. The van der Waals surface area contributed by atoms with Crippen LogP contribution in [0.1, 0.15) is 49.8 Å². The van der Waals surface area contributed by atoms with E-state index in [4.69, 9.17) is 16.3 Å². The third kappa shape index (κ3) is 3.84. The topological polar surface area (TPSA) is 45.9 Å². The normalized spacial score (nSPS) is 21.6. The molecule has 2 aliphatic rings. The van der Waals surface area contributed by atoms with E-state index in [0.717, 1.165) is 35.4 Å². The standard InChI is InChI=1S/C24H23ClN2O/c1-16-6-2-5-9-23(16)28-19-12-10-17(11-13-19)20-14-22(18-7-3-4-8-18)27-24(25)21(20)15-26/h2,5-6,9-14,16,18,23H,3-4,7-8H2,1H3. The van der Waals surface area contributed by atoms with Gasteiger partial charge in [-0.25, -0.2) is 4.98 Å². The van der Waals surface area contributed by atoms with Crippen molar-refractivity contribution in [3.63, 3.8) is 0 Å². The van der Waals surface area contributed by atoms with Crippen LogP contribution < -0.4 is 4.74 Å². The molecule has 1 heterocycles. The van der Waals surface area contributed by atoms with Gasteiger partial charge in [-0.2, -0.15) is 5.26 Å². The van der Waals surface area contributed by atoms with Crippen LogP contribution in [0, 0.1) is 17.2 Å². The lowest BCUT2D eigenvalue weighted by Crippen LogP contribution is -2.22. The van der Waals surface area contributed by atoms with Gasteiger partial charge in [-0.3, -0.25) is 0 Å². The molecule has 142 valence electrons. The van der Waals surface area contributed by atoms with Gasteiger partial charge in [0.1, 0.15) is 23.1 Å². The van der Waals surface area contributed by atoms with Gasteiger partial charge < -0.3 is 4.74 Å². The summed E-state index contributed by atoms with van der Waals surface area (Å²) in [6.45, 7) is 2.14. The maximum atomic E-state index is 9.60. The van der Waals surface area contributed by atoms with Crippen molar-refractivity contribution in [2.75, 3.05) is 0 Å². The molecule has 0 N–H and O–H groups in total. The molecular formula is C24H23ClN2O. The van der Waals surface area contributed by atoms with Gasteiger partial charge in [0.25, 0.3) is 0 Å². The predicted octanol–water partition coefficient (Wildman–Crippen LogP) is 6.44. The second-order valence-electron chi connectivity index (χ2n) is 7.59. The van der Waals surface area contributed by atoms with Gasteiger partial charge in [0, 0.05) is 23.1 Å². The number of benzene rings is 1. The second kappa shape index (κ2) is 8.20. The molecule has 0 bridgehead atoms. The van der Waals surface area contributed by atoms with Crippen LogP contribution >= 0.6 is 11.6 Å². The zero-order valence-corrected chi connectivity index (χ0v) is 16.7. The first-order valence-corrected chi connectivity index (χ1v) is 10.3. The van der Waals surface area contributed by atoms with Gasteiger partial charge in [0.2, 0.25) is 0 Å². The largest absolute Gasteiger partial charge is 0.486 e. The Balaban J connectivity index is 1.62. The minimum atomic E-state index is 0.0369. The molecule has 28 heavy (non-hydrogen) atoms. The Morgan fingerprint density at radius 3 is 2.50 bits per heavy atom. The highest BCUT2D eigenvalue weighted by Gasteiger charge is 2.22. The van der Waals surface area contributed by atoms with Crippen molar-refractivity contribution in [2.24, 2.45) is 5.92 Å². The van der Waals surface area contributed by atoms with Crippen molar-refractivity contribution in [2.45, 2.75) is 44.6 Å². The first-order chi connectivity index (χ1) is 13.7. The molecule has 1 fully saturated rings. The monoisotopic (exact) mass is 390 g/mol. The predicted molar refractivity (Wildman–Crippen MR) is 112 cm³/mol. The maximum absolute atomic E-state index is 9.60. The van der Waals surface area contributed by atoms with Crippen molar-refractivity contribution in [1.29, 1.82) is 5.26 Å². The third-order valence-electron chi connectivity index (χ3n) is 5.66. The maximum Gasteiger partial charge on any atom is 0.147 e. The molecular weight excluding hydrogens is 368 g/mol. The Morgan fingerprint density at radius 2 is 1.82 bits per heavy atom. The van der Waals surface area contributed by atoms with Gasteiger partial charge in [-0.15, -0.1) is 0 Å². The molecule has 2 atom stereocenters. The number of hydrogen-bond acceptors (Lipinski definition) is 3. The van der Waals surface area contributed by atoms with E-state index in [-0.39, 0.29) is 6.10 Å². The summed E-state index contributed by atoms with van der Waals surface area (Å²) in [6.07, 6.45) is 13.1. The van der Waals surface area contributed by atoms with Gasteiger partial charge >= 0.3 is 0 Å². The smallest absolute Gasteiger partial charge is 0.147 e. The number of hydrogen-bond donors (Lipinski definition) is 0. The van der Waals surface area contributed by atoms with Crippen molar-refractivity contribution in [3.8, 4) is 22.9 Å². The van der Waals surface area contributed by atoms with E-state index in [1.807, 2.05) is 42.5 Å². The summed E-state index contributed by atoms with van der Waals surface area (Å²) in [5, 5.41) is 9.90. The minimum Gasteiger partial charge on any atom is -0.486 e. The fourth-order valence-electron chi connectivity index (χ4n) is 4.01. The van der Waals surface area contributed by atoms with Gasteiger partial charge in [-0.05, 0) is 42.7 Å². The number of halogens is 1. The molecule has 4 heteroatoms. The number of pyridine rings is 1. The van der Waals surface area contributed by atoms with E-state index in [0.29, 0.717) is 22.6 Å². The summed E-state index contributed by atoms with van der Waals surface area (Å²) in [4.78, 5) is 4.52. The van der Waals surface area contributed by atoms with E-state index in [9.17, 15) is 5.26 Å². The van der Waals surface area contributed by atoms with E-state index in [1.54, 1.807) is 0 Å². The highest BCUT2D eigenvalue weighted by atomic mass is 35.5. The molecule has 2 aromatic rings. The Morgan fingerprint density at radius 1 is 1.11 bits per heavy atom. The van der Waals surface area contributed by atoms with Crippen molar-refractivity contribution >= 4 is 11.6 Å². The Bertz CT molecular complexity index is 950. The number of nitriles is 1. The number of aromatic nitrogens is 1. The third-order valence-corrected chi connectivity index (χ3v) is 5.94. The summed E-state index contributed by atoms with van der Waals surface area (Å²) in [5.74, 6) is 1.59. The van der Waals surface area contributed by atoms with Gasteiger partial charge in [0.15, 0.2) is 0 Å². The van der Waals surface area contributed by atoms with Crippen LogP contribution in [0.4, 0.5) is 0 Å². The van der Waals surface area contributed by atoms with Crippen molar-refractivity contribution < 1.29 is 4.74 Å². The van der Waals surface area contributed by atoms with Crippen LogP contribution in [0.2, 0.25) is 5.15 Å².